The molecule has 2 aromatic heterocycles. The number of nitrogens with zero attached hydrogens (tertiary/aromatic N) is 5. The molecule has 236 valence electrons. The number of nitrogens with one attached hydrogen (secondary N) is 2. The summed E-state index contributed by atoms with van der Waals surface area (Å²) in [6.07, 6.45) is 2.72. The average molecular weight is 624 g/mol. The van der Waals surface area contributed by atoms with Gasteiger partial charge < -0.3 is 29.2 Å². The highest BCUT2D eigenvalue weighted by Gasteiger charge is 2.24. The summed E-state index contributed by atoms with van der Waals surface area (Å²) in [5.41, 5.74) is 2.11. The number of rotatable bonds is 11. The monoisotopic (exact) mass is 623 g/mol. The summed E-state index contributed by atoms with van der Waals surface area (Å²) in [7, 11) is 5.54. The average Bonchev–Trinajstić information content (AvgIpc) is 3.27. The van der Waals surface area contributed by atoms with E-state index in [1.807, 2.05) is 65.0 Å². The number of carbonyl (C=O) groups is 1. The van der Waals surface area contributed by atoms with Gasteiger partial charge in [-0.15, -0.1) is 0 Å². The minimum absolute atomic E-state index is 0.203. The molecule has 0 unspecified atom stereocenters. The number of anilines is 3. The number of para-hydroxylation sites is 1. The first-order valence-electron chi connectivity index (χ1n) is 14.0. The lowest BCUT2D eigenvalue weighted by atomic mass is 9.86. The van der Waals surface area contributed by atoms with Crippen LogP contribution in [0.25, 0.3) is 10.9 Å². The molecule has 44 heavy (non-hydrogen) atoms. The molecule has 0 saturated heterocycles. The number of carbonyl (C=O) groups excluding carboxylic acids is 1. The third-order valence-electron chi connectivity index (χ3n) is 7.01. The van der Waals surface area contributed by atoms with E-state index in [0.29, 0.717) is 34.5 Å². The Kier molecular flexibility index (Phi) is 9.40. The highest BCUT2D eigenvalue weighted by atomic mass is 32.2. The van der Waals surface area contributed by atoms with Crippen molar-refractivity contribution in [1.29, 1.82) is 0 Å². The number of methoxy groups -OCH3 is 1. The number of benzene rings is 2. The van der Waals surface area contributed by atoms with Gasteiger partial charge in [0.05, 0.1) is 30.3 Å². The van der Waals surface area contributed by atoms with E-state index in [1.54, 1.807) is 42.1 Å². The summed E-state index contributed by atoms with van der Waals surface area (Å²) in [4.78, 5) is 26.7. The Hall–Kier alpha value is -4.36. The zero-order chi connectivity index (χ0) is 32.4. The standard InChI is InChI=1S/C31H41N7O5S/c1-31(2,3)21-18-22(28(42-8)23(19-21)35-44(9,40)41)33-29(39)24-17-20-11-10-12-25(27(20)38(24)7)43-26-13-14-32-30(34-26)37(6)16-15-36(4)5/h10-14,17-19,35H,15-16H2,1-9H3,(H,33,39). The first-order valence-corrected chi connectivity index (χ1v) is 15.9. The van der Waals surface area contributed by atoms with Crippen LogP contribution in [0.5, 0.6) is 17.4 Å². The number of sulfonamides is 1. The number of hydrogen-bond acceptors (Lipinski definition) is 9. The van der Waals surface area contributed by atoms with Crippen molar-refractivity contribution < 1.29 is 22.7 Å². The van der Waals surface area contributed by atoms with Gasteiger partial charge in [-0.2, -0.15) is 4.98 Å². The SMILES string of the molecule is COc1c(NC(=O)c2cc3cccc(Oc4ccnc(N(C)CCN(C)C)n4)c3n2C)cc(C(C)(C)C)cc1NS(C)(=O)=O. The Balaban J connectivity index is 1.68. The first kappa shape index (κ1) is 32.6. The summed E-state index contributed by atoms with van der Waals surface area (Å²) in [6.45, 7) is 7.59. The fourth-order valence-electron chi connectivity index (χ4n) is 4.65. The number of likely N-dealkylation sites (N-methyl/N-ethyl adjacent to an activating group) is 2. The second-order valence-corrected chi connectivity index (χ2v) is 13.7. The van der Waals surface area contributed by atoms with E-state index in [-0.39, 0.29) is 16.9 Å². The van der Waals surface area contributed by atoms with Crippen molar-refractivity contribution in [3.8, 4) is 17.4 Å². The number of aromatic nitrogens is 3. The fraction of sp³-hybridized carbons (Fsp3) is 0.387. The highest BCUT2D eigenvalue weighted by molar-refractivity contribution is 7.92. The van der Waals surface area contributed by atoms with Crippen molar-refractivity contribution in [1.82, 2.24) is 19.4 Å². The van der Waals surface area contributed by atoms with Crippen LogP contribution in [0.2, 0.25) is 0 Å². The quantitative estimate of drug-likeness (QED) is 0.244. The lowest BCUT2D eigenvalue weighted by Crippen LogP contribution is -2.29. The van der Waals surface area contributed by atoms with Gasteiger partial charge in [-0.05, 0) is 49.3 Å². The van der Waals surface area contributed by atoms with Crippen LogP contribution < -0.4 is 24.4 Å². The van der Waals surface area contributed by atoms with Gasteiger partial charge in [0.2, 0.25) is 21.9 Å². The van der Waals surface area contributed by atoms with Crippen molar-refractivity contribution in [3.05, 3.63) is 59.9 Å². The number of ether oxygens (including phenoxy) is 2. The Morgan fingerprint density at radius 3 is 2.39 bits per heavy atom. The molecule has 2 N–H and O–H groups in total. The van der Waals surface area contributed by atoms with Gasteiger partial charge in [0.25, 0.3) is 5.91 Å². The van der Waals surface area contributed by atoms with Gasteiger partial charge in [-0.3, -0.25) is 9.52 Å². The number of amides is 1. The number of fused-ring (bicyclic) bond motifs is 1. The summed E-state index contributed by atoms with van der Waals surface area (Å²) in [5.74, 6) is 1.24. The molecule has 0 atom stereocenters. The van der Waals surface area contributed by atoms with Crippen LogP contribution in [0, 0.1) is 0 Å². The predicted molar refractivity (Wildman–Crippen MR) is 175 cm³/mol. The van der Waals surface area contributed by atoms with Gasteiger partial charge in [0.1, 0.15) is 5.69 Å². The summed E-state index contributed by atoms with van der Waals surface area (Å²) >= 11 is 0. The second kappa shape index (κ2) is 12.7. The van der Waals surface area contributed by atoms with Crippen molar-refractivity contribution in [2.24, 2.45) is 7.05 Å². The molecule has 0 saturated carbocycles. The van der Waals surface area contributed by atoms with E-state index in [2.05, 4.69) is 24.9 Å². The summed E-state index contributed by atoms with van der Waals surface area (Å²) in [6, 6.07) is 12.5. The largest absolute Gasteiger partial charge is 0.492 e. The van der Waals surface area contributed by atoms with E-state index in [4.69, 9.17) is 9.47 Å². The molecule has 13 heteroatoms. The molecule has 0 aliphatic heterocycles. The minimum atomic E-state index is -3.61. The first-order chi connectivity index (χ1) is 20.6. The van der Waals surface area contributed by atoms with E-state index >= 15 is 0 Å². The maximum absolute atomic E-state index is 13.7. The zero-order valence-corrected chi connectivity index (χ0v) is 27.5. The van der Waals surface area contributed by atoms with Gasteiger partial charge in [0.15, 0.2) is 11.5 Å². The molecule has 0 spiro atoms. The van der Waals surface area contributed by atoms with E-state index in [9.17, 15) is 13.2 Å². The van der Waals surface area contributed by atoms with Gasteiger partial charge in [0, 0.05) is 44.8 Å². The number of aryl methyl sites for hydroxylation is 1. The second-order valence-electron chi connectivity index (χ2n) is 12.0. The molecule has 12 nitrogen and oxygen atoms in total. The van der Waals surface area contributed by atoms with Crippen LogP contribution in [0.15, 0.2) is 48.7 Å². The van der Waals surface area contributed by atoms with Gasteiger partial charge >= 0.3 is 0 Å². The molecular weight excluding hydrogens is 582 g/mol. The maximum atomic E-state index is 13.7. The van der Waals surface area contributed by atoms with Crippen molar-refractivity contribution in [2.75, 3.05) is 62.5 Å². The topological polar surface area (TPSA) is 131 Å². The molecular formula is C31H41N7O5S. The third-order valence-corrected chi connectivity index (χ3v) is 7.60. The van der Waals surface area contributed by atoms with E-state index in [0.717, 1.165) is 30.3 Å². The van der Waals surface area contributed by atoms with Gasteiger partial charge in [-0.25, -0.2) is 13.4 Å². The Labute approximate surface area is 259 Å². The Bertz CT molecular complexity index is 1780. The fourth-order valence-corrected chi connectivity index (χ4v) is 5.20. The number of hydrogen-bond donors (Lipinski definition) is 2. The predicted octanol–water partition coefficient (Wildman–Crippen LogP) is 4.69. The zero-order valence-electron chi connectivity index (χ0n) is 26.7. The van der Waals surface area contributed by atoms with Crippen LogP contribution in [-0.4, -0.2) is 81.4 Å². The van der Waals surface area contributed by atoms with Crippen LogP contribution in [0.1, 0.15) is 36.8 Å². The lowest BCUT2D eigenvalue weighted by molar-refractivity contribution is 0.101. The molecule has 0 bridgehead atoms. The van der Waals surface area contributed by atoms with Crippen LogP contribution >= 0.6 is 0 Å². The maximum Gasteiger partial charge on any atom is 0.272 e. The normalized spacial score (nSPS) is 12.0. The van der Waals surface area contributed by atoms with Crippen LogP contribution in [0.3, 0.4) is 0 Å². The van der Waals surface area contributed by atoms with E-state index < -0.39 is 15.9 Å². The Morgan fingerprint density at radius 2 is 1.75 bits per heavy atom. The molecule has 0 radical (unpaired) electrons. The molecule has 4 rings (SSSR count). The van der Waals surface area contributed by atoms with Crippen LogP contribution in [-0.2, 0) is 22.5 Å². The summed E-state index contributed by atoms with van der Waals surface area (Å²) in [5, 5.41) is 3.73. The summed E-state index contributed by atoms with van der Waals surface area (Å²) < 4.78 is 40.3. The molecule has 0 aliphatic rings. The third kappa shape index (κ3) is 7.58. The Morgan fingerprint density at radius 1 is 1.05 bits per heavy atom. The van der Waals surface area contributed by atoms with Gasteiger partial charge in [-0.1, -0.05) is 32.9 Å². The molecule has 4 aromatic rings. The molecule has 2 aromatic carbocycles. The van der Waals surface area contributed by atoms with Crippen LogP contribution in [0.4, 0.5) is 17.3 Å². The van der Waals surface area contributed by atoms with Crippen molar-refractivity contribution in [2.45, 2.75) is 26.2 Å². The van der Waals surface area contributed by atoms with Crippen molar-refractivity contribution >= 4 is 44.2 Å². The highest BCUT2D eigenvalue weighted by Crippen LogP contribution is 2.40. The molecule has 0 aliphatic carbocycles. The minimum Gasteiger partial charge on any atom is -0.492 e. The van der Waals surface area contributed by atoms with E-state index in [1.165, 1.54) is 7.11 Å². The lowest BCUT2D eigenvalue weighted by Gasteiger charge is -2.24. The molecule has 2 heterocycles. The molecule has 1 amide bonds. The van der Waals surface area contributed by atoms with Crippen molar-refractivity contribution in [3.63, 3.8) is 0 Å². The smallest absolute Gasteiger partial charge is 0.272 e. The molecule has 0 fully saturated rings.